The molecular formula is C29H30FN5O. The smallest absolute Gasteiger partial charge is 0.318 e. The van der Waals surface area contributed by atoms with Gasteiger partial charge >= 0.3 is 6.03 Å². The second-order valence-electron chi connectivity index (χ2n) is 9.67. The number of rotatable bonds is 4. The summed E-state index contributed by atoms with van der Waals surface area (Å²) in [5.41, 5.74) is 4.57. The summed E-state index contributed by atoms with van der Waals surface area (Å²) < 4.78 is 18.5. The lowest BCUT2D eigenvalue weighted by molar-refractivity contribution is 0.176. The first-order valence-electron chi connectivity index (χ1n) is 12.8. The molecule has 0 bridgehead atoms. The van der Waals surface area contributed by atoms with Gasteiger partial charge in [0.15, 0.2) is 0 Å². The molecule has 3 heterocycles. The van der Waals surface area contributed by atoms with E-state index in [9.17, 15) is 9.18 Å². The van der Waals surface area contributed by atoms with Gasteiger partial charge in [-0.1, -0.05) is 50.1 Å². The van der Waals surface area contributed by atoms with Crippen LogP contribution in [0.2, 0.25) is 0 Å². The molecule has 0 unspecified atom stereocenters. The van der Waals surface area contributed by atoms with E-state index in [1.807, 2.05) is 64.3 Å². The lowest BCUT2D eigenvalue weighted by Crippen LogP contribution is -2.45. The Balaban J connectivity index is 1.55. The first-order valence-corrected chi connectivity index (χ1v) is 12.8. The van der Waals surface area contributed by atoms with Gasteiger partial charge in [-0.25, -0.2) is 13.9 Å². The SMILES string of the molecule is CCc1nn(-c2ccccc2)c2c1CN(C(=O)NC1CCCC1)[C@H](c1cccc(F)c1)c1cccn1-2. The zero-order valence-corrected chi connectivity index (χ0v) is 20.4. The highest BCUT2D eigenvalue weighted by Crippen LogP contribution is 2.39. The lowest BCUT2D eigenvalue weighted by atomic mass is 10.0. The Morgan fingerprint density at radius 3 is 2.61 bits per heavy atom. The summed E-state index contributed by atoms with van der Waals surface area (Å²) in [6, 6.07) is 20.3. The molecule has 4 aromatic rings. The number of hydrogen-bond acceptors (Lipinski definition) is 2. The third-order valence-electron chi connectivity index (χ3n) is 7.41. The fourth-order valence-corrected chi connectivity index (χ4v) is 5.70. The number of para-hydroxylation sites is 1. The molecule has 6 nitrogen and oxygen atoms in total. The van der Waals surface area contributed by atoms with Gasteiger partial charge in [-0.15, -0.1) is 0 Å². The first kappa shape index (κ1) is 22.6. The molecule has 1 N–H and O–H groups in total. The van der Waals surface area contributed by atoms with Crippen molar-refractivity contribution in [3.05, 3.63) is 101 Å². The summed E-state index contributed by atoms with van der Waals surface area (Å²) in [5, 5.41) is 8.26. The number of urea groups is 1. The minimum absolute atomic E-state index is 0.119. The van der Waals surface area contributed by atoms with Gasteiger partial charge in [0, 0.05) is 17.8 Å². The topological polar surface area (TPSA) is 55.1 Å². The summed E-state index contributed by atoms with van der Waals surface area (Å²) in [4.78, 5) is 15.7. The molecule has 0 radical (unpaired) electrons. The van der Waals surface area contributed by atoms with Gasteiger partial charge in [0.05, 0.1) is 29.7 Å². The Hall–Kier alpha value is -3.87. The van der Waals surface area contributed by atoms with Crippen molar-refractivity contribution in [1.29, 1.82) is 0 Å². The molecular weight excluding hydrogens is 453 g/mol. The molecule has 1 saturated carbocycles. The highest BCUT2D eigenvalue weighted by Gasteiger charge is 2.37. The lowest BCUT2D eigenvalue weighted by Gasteiger charge is -2.32. The minimum atomic E-state index is -0.446. The maximum absolute atomic E-state index is 14.4. The molecule has 2 aromatic heterocycles. The number of nitrogens with one attached hydrogen (secondary N) is 1. The van der Waals surface area contributed by atoms with Crippen LogP contribution in [0.5, 0.6) is 0 Å². The molecule has 6 rings (SSSR count). The van der Waals surface area contributed by atoms with E-state index in [0.717, 1.165) is 66.1 Å². The maximum atomic E-state index is 14.4. The van der Waals surface area contributed by atoms with E-state index in [2.05, 4.69) is 16.8 Å². The van der Waals surface area contributed by atoms with Crippen molar-refractivity contribution >= 4 is 6.03 Å². The number of nitrogens with zero attached hydrogens (tertiary/aromatic N) is 4. The summed E-state index contributed by atoms with van der Waals surface area (Å²) in [6.45, 7) is 2.47. The van der Waals surface area contributed by atoms with Crippen LogP contribution in [0.3, 0.4) is 0 Å². The number of hydrogen-bond donors (Lipinski definition) is 1. The summed E-state index contributed by atoms with van der Waals surface area (Å²) in [6.07, 6.45) is 7.01. The van der Waals surface area contributed by atoms with Crippen molar-refractivity contribution < 1.29 is 9.18 Å². The van der Waals surface area contributed by atoms with Gasteiger partial charge in [-0.3, -0.25) is 0 Å². The molecule has 0 spiro atoms. The second-order valence-corrected chi connectivity index (χ2v) is 9.67. The Morgan fingerprint density at radius 2 is 1.86 bits per heavy atom. The van der Waals surface area contributed by atoms with E-state index < -0.39 is 6.04 Å². The number of amides is 2. The van der Waals surface area contributed by atoms with Crippen molar-refractivity contribution in [2.75, 3.05) is 0 Å². The molecule has 184 valence electrons. The number of aryl methyl sites for hydroxylation is 1. The highest BCUT2D eigenvalue weighted by atomic mass is 19.1. The second kappa shape index (κ2) is 9.30. The van der Waals surface area contributed by atoms with Gasteiger partial charge in [-0.2, -0.15) is 5.10 Å². The van der Waals surface area contributed by atoms with E-state index in [1.165, 1.54) is 12.1 Å². The van der Waals surface area contributed by atoms with Gasteiger partial charge in [0.25, 0.3) is 0 Å². The molecule has 1 atom stereocenters. The molecule has 2 aromatic carbocycles. The standard InChI is InChI=1S/C29H30FN5O/c1-2-25-24-19-34(29(36)31-22-12-6-7-13-22)27(20-10-8-11-21(30)18-20)26-16-9-17-33(26)28(24)35(32-25)23-14-4-3-5-15-23/h3-5,8-11,14-18,22,27H,2,6-7,12-13,19H2,1H3,(H,31,36)/t27-/m1/s1. The molecule has 1 fully saturated rings. The van der Waals surface area contributed by atoms with Crippen LogP contribution in [0.15, 0.2) is 72.9 Å². The molecule has 0 saturated heterocycles. The largest absolute Gasteiger partial charge is 0.335 e. The third-order valence-corrected chi connectivity index (χ3v) is 7.41. The van der Waals surface area contributed by atoms with E-state index >= 15 is 0 Å². The van der Waals surface area contributed by atoms with Crippen LogP contribution in [0, 0.1) is 5.82 Å². The molecule has 36 heavy (non-hydrogen) atoms. The Bertz CT molecular complexity index is 1390. The average molecular weight is 484 g/mol. The summed E-state index contributed by atoms with van der Waals surface area (Å²) in [5.74, 6) is 0.615. The number of fused-ring (bicyclic) bond motifs is 3. The maximum Gasteiger partial charge on any atom is 0.318 e. The van der Waals surface area contributed by atoms with Crippen LogP contribution >= 0.6 is 0 Å². The van der Waals surface area contributed by atoms with Crippen LogP contribution in [-0.2, 0) is 13.0 Å². The van der Waals surface area contributed by atoms with Gasteiger partial charge in [-0.05, 0) is 61.2 Å². The number of carbonyl (C=O) groups excluding carboxylic acids is 1. The number of aromatic nitrogens is 3. The third kappa shape index (κ3) is 3.88. The van der Waals surface area contributed by atoms with Crippen LogP contribution in [0.4, 0.5) is 9.18 Å². The monoisotopic (exact) mass is 483 g/mol. The Kier molecular flexibility index (Phi) is 5.83. The summed E-state index contributed by atoms with van der Waals surface area (Å²) >= 11 is 0. The molecule has 2 amide bonds. The Morgan fingerprint density at radius 1 is 1.06 bits per heavy atom. The van der Waals surface area contributed by atoms with Crippen molar-refractivity contribution in [3.8, 4) is 11.5 Å². The van der Waals surface area contributed by atoms with E-state index in [1.54, 1.807) is 6.07 Å². The molecule has 1 aliphatic heterocycles. The van der Waals surface area contributed by atoms with Crippen molar-refractivity contribution in [1.82, 2.24) is 24.6 Å². The normalized spacial score (nSPS) is 17.5. The van der Waals surface area contributed by atoms with Gasteiger partial charge in [0.1, 0.15) is 11.6 Å². The van der Waals surface area contributed by atoms with Gasteiger partial charge < -0.3 is 14.8 Å². The van der Waals surface area contributed by atoms with Crippen molar-refractivity contribution in [3.63, 3.8) is 0 Å². The summed E-state index contributed by atoms with van der Waals surface area (Å²) in [7, 11) is 0. The van der Waals surface area contributed by atoms with E-state index in [-0.39, 0.29) is 17.9 Å². The van der Waals surface area contributed by atoms with Crippen LogP contribution in [0.1, 0.15) is 61.2 Å². The van der Waals surface area contributed by atoms with E-state index in [0.29, 0.717) is 6.54 Å². The van der Waals surface area contributed by atoms with E-state index in [4.69, 9.17) is 5.10 Å². The van der Waals surface area contributed by atoms with Crippen LogP contribution in [-0.4, -0.2) is 31.3 Å². The average Bonchev–Trinajstić information content (AvgIpc) is 3.63. The zero-order chi connectivity index (χ0) is 24.6. The molecule has 1 aliphatic carbocycles. The minimum Gasteiger partial charge on any atom is -0.335 e. The number of benzene rings is 2. The van der Waals surface area contributed by atoms with Crippen LogP contribution in [0.25, 0.3) is 11.5 Å². The molecule has 2 aliphatic rings. The fraction of sp³-hybridized carbons (Fsp3) is 0.310. The number of carbonyl (C=O) groups is 1. The predicted molar refractivity (Wildman–Crippen MR) is 137 cm³/mol. The zero-order valence-electron chi connectivity index (χ0n) is 20.4. The van der Waals surface area contributed by atoms with Gasteiger partial charge in [0.2, 0.25) is 0 Å². The Labute approximate surface area is 210 Å². The number of halogens is 1. The predicted octanol–water partition coefficient (Wildman–Crippen LogP) is 5.92. The van der Waals surface area contributed by atoms with Crippen LogP contribution < -0.4 is 5.32 Å². The highest BCUT2D eigenvalue weighted by molar-refractivity contribution is 5.76. The molecule has 7 heteroatoms. The fourth-order valence-electron chi connectivity index (χ4n) is 5.70. The van der Waals surface area contributed by atoms with Crippen molar-refractivity contribution in [2.45, 2.75) is 57.7 Å². The van der Waals surface area contributed by atoms with Crippen molar-refractivity contribution in [2.24, 2.45) is 0 Å². The first-order chi connectivity index (χ1) is 17.6. The quantitative estimate of drug-likeness (QED) is 0.392.